The van der Waals surface area contributed by atoms with Crippen LogP contribution in [0.1, 0.15) is 32.6 Å². The summed E-state index contributed by atoms with van der Waals surface area (Å²) in [4.78, 5) is 6.82. The number of rotatable bonds is 6. The van der Waals surface area contributed by atoms with E-state index in [1.165, 1.54) is 37.0 Å². The van der Waals surface area contributed by atoms with Crippen molar-refractivity contribution in [3.8, 4) is 0 Å². The van der Waals surface area contributed by atoms with Crippen molar-refractivity contribution < 1.29 is 13.5 Å². The van der Waals surface area contributed by atoms with Gasteiger partial charge >= 0.3 is 0 Å². The highest BCUT2D eigenvalue weighted by Crippen LogP contribution is 2.35. The topological polar surface area (TPSA) is 82.0 Å². The van der Waals surface area contributed by atoms with Gasteiger partial charge < -0.3 is 15.3 Å². The van der Waals surface area contributed by atoms with Gasteiger partial charge in [-0.05, 0) is 43.0 Å². The number of guanidine groups is 1. The molecular weight excluding hydrogens is 497 g/mol. The van der Waals surface area contributed by atoms with Crippen molar-refractivity contribution in [2.75, 3.05) is 31.9 Å². The lowest BCUT2D eigenvalue weighted by Crippen LogP contribution is -2.41. The van der Waals surface area contributed by atoms with Crippen LogP contribution >= 0.6 is 35.3 Å². The normalized spacial score (nSPS) is 24.2. The molecule has 0 aromatic carbocycles. The van der Waals surface area contributed by atoms with Gasteiger partial charge in [0.05, 0.1) is 18.4 Å². The van der Waals surface area contributed by atoms with Crippen molar-refractivity contribution in [1.82, 2.24) is 10.2 Å². The zero-order valence-corrected chi connectivity index (χ0v) is 19.7. The van der Waals surface area contributed by atoms with Crippen LogP contribution in [0.5, 0.6) is 0 Å². The molecule has 1 saturated heterocycles. The Balaban J connectivity index is 0.00000261. The number of aliphatic hydroxyl groups is 1. The van der Waals surface area contributed by atoms with E-state index in [2.05, 4.69) is 15.2 Å². The van der Waals surface area contributed by atoms with Crippen molar-refractivity contribution in [1.29, 1.82) is 0 Å². The van der Waals surface area contributed by atoms with Crippen LogP contribution < -0.4 is 5.32 Å². The monoisotopic (exact) mass is 527 g/mol. The Hall–Kier alpha value is -0.390. The molecule has 1 aliphatic carbocycles. The van der Waals surface area contributed by atoms with Crippen molar-refractivity contribution in [2.45, 2.75) is 42.9 Å². The Morgan fingerprint density at radius 1 is 1.37 bits per heavy atom. The molecule has 0 radical (unpaired) electrons. The van der Waals surface area contributed by atoms with Gasteiger partial charge in [-0.25, -0.2) is 8.42 Å². The van der Waals surface area contributed by atoms with E-state index < -0.39 is 15.9 Å². The van der Waals surface area contributed by atoms with Crippen molar-refractivity contribution in [3.63, 3.8) is 0 Å². The minimum absolute atomic E-state index is 0. The van der Waals surface area contributed by atoms with Crippen LogP contribution in [0.4, 0.5) is 0 Å². The van der Waals surface area contributed by atoms with E-state index in [-0.39, 0.29) is 36.3 Å². The first-order valence-corrected chi connectivity index (χ1v) is 12.0. The van der Waals surface area contributed by atoms with Gasteiger partial charge in [-0.2, -0.15) is 0 Å². The minimum atomic E-state index is -3.45. The van der Waals surface area contributed by atoms with Gasteiger partial charge in [0, 0.05) is 19.6 Å². The molecule has 2 fully saturated rings. The Bertz CT molecular complexity index is 695. The molecule has 9 heteroatoms. The summed E-state index contributed by atoms with van der Waals surface area (Å²) >= 11 is 1.18. The molecule has 1 aromatic rings. The molecule has 1 saturated carbocycles. The van der Waals surface area contributed by atoms with Gasteiger partial charge in [-0.3, -0.25) is 4.99 Å². The van der Waals surface area contributed by atoms with Crippen molar-refractivity contribution >= 4 is 51.1 Å². The molecule has 27 heavy (non-hydrogen) atoms. The molecule has 6 nitrogen and oxygen atoms in total. The average Bonchev–Trinajstić information content (AvgIpc) is 3.27. The number of nitrogens with one attached hydrogen (secondary N) is 1. The third-order valence-corrected chi connectivity index (χ3v) is 8.56. The van der Waals surface area contributed by atoms with Crippen LogP contribution in [0.25, 0.3) is 0 Å². The highest BCUT2D eigenvalue weighted by molar-refractivity contribution is 14.0. The molecule has 0 spiro atoms. The predicted molar refractivity (Wildman–Crippen MR) is 121 cm³/mol. The maximum Gasteiger partial charge on any atom is 0.194 e. The predicted octanol–water partition coefficient (Wildman–Crippen LogP) is 2.59. The lowest BCUT2D eigenvalue weighted by molar-refractivity contribution is 0.205. The zero-order chi connectivity index (χ0) is 18.6. The highest BCUT2D eigenvalue weighted by Gasteiger charge is 2.35. The van der Waals surface area contributed by atoms with Gasteiger partial charge in [-0.15, -0.1) is 35.3 Å². The maximum atomic E-state index is 12.3. The fourth-order valence-electron chi connectivity index (χ4n) is 4.03. The van der Waals surface area contributed by atoms with Crippen LogP contribution in [-0.2, 0) is 9.84 Å². The number of aliphatic imine (C=N–C) groups is 1. The molecule has 3 atom stereocenters. The largest absolute Gasteiger partial charge is 0.390 e. The number of thiophene rings is 1. The molecule has 2 N–H and O–H groups in total. The average molecular weight is 527 g/mol. The number of fused-ring (bicyclic) bond motifs is 1. The summed E-state index contributed by atoms with van der Waals surface area (Å²) < 4.78 is 24.9. The Kier molecular flexibility index (Phi) is 8.82. The van der Waals surface area contributed by atoms with Crippen LogP contribution in [0.2, 0.25) is 0 Å². The summed E-state index contributed by atoms with van der Waals surface area (Å²) in [6.07, 6.45) is 4.23. The van der Waals surface area contributed by atoms with Gasteiger partial charge in [0.25, 0.3) is 0 Å². The molecule has 0 bridgehead atoms. The summed E-state index contributed by atoms with van der Waals surface area (Å²) in [7, 11) is -3.45. The summed E-state index contributed by atoms with van der Waals surface area (Å²) in [5.41, 5.74) is 0. The van der Waals surface area contributed by atoms with Gasteiger partial charge in [-0.1, -0.05) is 18.9 Å². The summed E-state index contributed by atoms with van der Waals surface area (Å²) in [6.45, 7) is 4.91. The van der Waals surface area contributed by atoms with E-state index in [0.29, 0.717) is 4.21 Å². The number of sulfone groups is 1. The van der Waals surface area contributed by atoms with E-state index in [0.717, 1.165) is 37.4 Å². The van der Waals surface area contributed by atoms with Crippen LogP contribution in [0, 0.1) is 11.8 Å². The smallest absolute Gasteiger partial charge is 0.194 e. The van der Waals surface area contributed by atoms with Gasteiger partial charge in [0.1, 0.15) is 4.21 Å². The molecule has 2 heterocycles. The first-order chi connectivity index (χ1) is 12.5. The van der Waals surface area contributed by atoms with E-state index >= 15 is 0 Å². The molecule has 3 unspecified atom stereocenters. The fourth-order valence-corrected chi connectivity index (χ4v) is 6.49. The fraction of sp³-hybridized carbons (Fsp3) is 0.722. The van der Waals surface area contributed by atoms with Crippen molar-refractivity contribution in [2.24, 2.45) is 16.8 Å². The second-order valence-electron chi connectivity index (χ2n) is 7.27. The summed E-state index contributed by atoms with van der Waals surface area (Å²) in [6, 6.07) is 3.28. The van der Waals surface area contributed by atoms with E-state index in [1.807, 2.05) is 6.92 Å². The van der Waals surface area contributed by atoms with Gasteiger partial charge in [0.15, 0.2) is 15.8 Å². The Morgan fingerprint density at radius 3 is 2.59 bits per heavy atom. The van der Waals surface area contributed by atoms with Crippen LogP contribution in [0.3, 0.4) is 0 Å². The number of likely N-dealkylation sites (tertiary alicyclic amines) is 1. The molecule has 3 rings (SSSR count). The molecule has 154 valence electrons. The van der Waals surface area contributed by atoms with Gasteiger partial charge in [0.2, 0.25) is 0 Å². The Labute approximate surface area is 183 Å². The lowest BCUT2D eigenvalue weighted by atomic mass is 9.82. The number of nitrogens with zero attached hydrogens (tertiary/aromatic N) is 2. The first-order valence-electron chi connectivity index (χ1n) is 9.47. The third kappa shape index (κ3) is 6.04. The van der Waals surface area contributed by atoms with E-state index in [1.54, 1.807) is 17.5 Å². The first kappa shape index (κ1) is 22.9. The molecular formula is C18H30IN3O3S2. The molecule has 0 amide bonds. The minimum Gasteiger partial charge on any atom is -0.390 e. The highest BCUT2D eigenvalue weighted by atomic mass is 127. The number of aliphatic hydroxyl groups excluding tert-OH is 1. The van der Waals surface area contributed by atoms with E-state index in [4.69, 9.17) is 0 Å². The maximum absolute atomic E-state index is 12.3. The summed E-state index contributed by atoms with van der Waals surface area (Å²) in [5, 5.41) is 15.2. The zero-order valence-electron chi connectivity index (χ0n) is 15.7. The van der Waals surface area contributed by atoms with E-state index in [9.17, 15) is 13.5 Å². The van der Waals surface area contributed by atoms with Crippen LogP contribution in [0.15, 0.2) is 26.7 Å². The Morgan fingerprint density at radius 2 is 2.04 bits per heavy atom. The summed E-state index contributed by atoms with van der Waals surface area (Å²) in [5.74, 6) is 2.00. The SMILES string of the molecule is CCNC(=NCC(O)CS(=O)(=O)c1cccs1)N1CC2CCCCC2C1.I. The molecule has 1 aliphatic heterocycles. The number of halogens is 1. The second-order valence-corrected chi connectivity index (χ2v) is 10.5. The standard InChI is InChI=1S/C18H29N3O3S2.HI/c1-2-19-18(21-11-14-6-3-4-7-15(14)12-21)20-10-16(22)13-26(23,24)17-8-5-9-25-17;/h5,8-9,14-16,22H,2-4,6-7,10-13H2,1H3,(H,19,20);1H. The van der Waals surface area contributed by atoms with Crippen LogP contribution in [-0.4, -0.2) is 62.4 Å². The second kappa shape index (κ2) is 10.4. The molecule has 1 aromatic heterocycles. The molecule has 2 aliphatic rings. The van der Waals surface area contributed by atoms with Crippen molar-refractivity contribution in [3.05, 3.63) is 17.5 Å². The number of hydrogen-bond acceptors (Lipinski definition) is 5. The quantitative estimate of drug-likeness (QED) is 0.338. The third-order valence-electron chi connectivity index (χ3n) is 5.28. The lowest BCUT2D eigenvalue weighted by Gasteiger charge is -2.22. The number of hydrogen-bond donors (Lipinski definition) is 2.